The lowest BCUT2D eigenvalue weighted by molar-refractivity contribution is 0.515. The molecule has 0 radical (unpaired) electrons. The zero-order chi connectivity index (χ0) is 11.0. The average molecular weight is 234 g/mol. The van der Waals surface area contributed by atoms with Gasteiger partial charge in [0, 0.05) is 5.39 Å². The first-order valence-electron chi connectivity index (χ1n) is 4.82. The fourth-order valence-corrected chi connectivity index (χ4v) is 1.70. The summed E-state index contributed by atoms with van der Waals surface area (Å²) in [5.41, 5.74) is 1.67. The van der Waals surface area contributed by atoms with Crippen molar-refractivity contribution in [3.05, 3.63) is 42.4 Å². The maximum atomic E-state index is 5.67. The van der Waals surface area contributed by atoms with Crippen LogP contribution < -0.4 is 0 Å². The molecule has 0 saturated carbocycles. The second kappa shape index (κ2) is 3.64. The monoisotopic (exact) mass is 233 g/mol. The molecule has 5 heteroatoms. The van der Waals surface area contributed by atoms with Gasteiger partial charge in [0.25, 0.3) is 0 Å². The second-order valence-electron chi connectivity index (χ2n) is 3.37. The van der Waals surface area contributed by atoms with E-state index in [1.54, 1.807) is 17.1 Å². The zero-order valence-electron chi connectivity index (χ0n) is 8.30. The van der Waals surface area contributed by atoms with Crippen molar-refractivity contribution in [2.45, 2.75) is 5.88 Å². The molecule has 0 atom stereocenters. The van der Waals surface area contributed by atoms with Crippen molar-refractivity contribution < 1.29 is 4.42 Å². The molecule has 3 aromatic rings. The smallest absolute Gasteiger partial charge is 0.323 e. The van der Waals surface area contributed by atoms with E-state index >= 15 is 0 Å². The quantitative estimate of drug-likeness (QED) is 0.640. The van der Waals surface area contributed by atoms with Crippen molar-refractivity contribution in [3.8, 4) is 6.01 Å². The highest BCUT2D eigenvalue weighted by molar-refractivity contribution is 6.16. The minimum absolute atomic E-state index is 0.336. The molecule has 0 aliphatic rings. The van der Waals surface area contributed by atoms with Gasteiger partial charge in [-0.05, 0) is 6.07 Å². The third-order valence-electron chi connectivity index (χ3n) is 2.33. The van der Waals surface area contributed by atoms with Crippen LogP contribution in [0.1, 0.15) is 5.69 Å². The molecule has 80 valence electrons. The van der Waals surface area contributed by atoms with Crippen LogP contribution >= 0.6 is 11.6 Å². The molecule has 0 spiro atoms. The van der Waals surface area contributed by atoms with Crippen molar-refractivity contribution in [1.82, 2.24) is 14.8 Å². The van der Waals surface area contributed by atoms with Crippen LogP contribution in [0.5, 0.6) is 0 Å². The SMILES string of the molecule is ClCc1coc(-n2ncc3ccccc32)n1. The average Bonchev–Trinajstić information content (AvgIpc) is 2.94. The van der Waals surface area contributed by atoms with Crippen molar-refractivity contribution >= 4 is 22.5 Å². The summed E-state index contributed by atoms with van der Waals surface area (Å²) in [6.45, 7) is 0. The van der Waals surface area contributed by atoms with E-state index in [0.717, 1.165) is 10.9 Å². The van der Waals surface area contributed by atoms with Crippen LogP contribution in [0.3, 0.4) is 0 Å². The van der Waals surface area contributed by atoms with Gasteiger partial charge < -0.3 is 4.42 Å². The summed E-state index contributed by atoms with van der Waals surface area (Å²) < 4.78 is 6.97. The second-order valence-corrected chi connectivity index (χ2v) is 3.64. The number of para-hydroxylation sites is 1. The number of rotatable bonds is 2. The summed E-state index contributed by atoms with van der Waals surface area (Å²) in [6.07, 6.45) is 3.32. The predicted molar refractivity (Wildman–Crippen MR) is 60.7 cm³/mol. The normalized spacial score (nSPS) is 11.1. The molecule has 0 amide bonds. The molecule has 1 aromatic carbocycles. The fraction of sp³-hybridized carbons (Fsp3) is 0.0909. The van der Waals surface area contributed by atoms with Crippen LogP contribution in [0.4, 0.5) is 0 Å². The molecule has 0 N–H and O–H groups in total. The molecule has 0 fully saturated rings. The summed E-state index contributed by atoms with van der Waals surface area (Å²) >= 11 is 5.67. The lowest BCUT2D eigenvalue weighted by Gasteiger charge is -1.95. The third-order valence-corrected chi connectivity index (χ3v) is 2.61. The number of fused-ring (bicyclic) bond motifs is 1. The molecule has 2 heterocycles. The Labute approximate surface area is 96.5 Å². The lowest BCUT2D eigenvalue weighted by Crippen LogP contribution is -1.96. The zero-order valence-corrected chi connectivity index (χ0v) is 9.05. The number of halogens is 1. The van der Waals surface area contributed by atoms with Gasteiger partial charge in [0.2, 0.25) is 0 Å². The number of aromatic nitrogens is 3. The molecule has 16 heavy (non-hydrogen) atoms. The fourth-order valence-electron chi connectivity index (χ4n) is 1.58. The van der Waals surface area contributed by atoms with E-state index < -0.39 is 0 Å². The largest absolute Gasteiger partial charge is 0.430 e. The number of nitrogens with zero attached hydrogens (tertiary/aromatic N) is 3. The van der Waals surface area contributed by atoms with E-state index in [1.807, 2.05) is 24.3 Å². The Morgan fingerprint density at radius 2 is 2.19 bits per heavy atom. The summed E-state index contributed by atoms with van der Waals surface area (Å²) in [5.74, 6) is 0.336. The summed E-state index contributed by atoms with van der Waals surface area (Å²) in [7, 11) is 0. The van der Waals surface area contributed by atoms with Crippen LogP contribution in [0.15, 0.2) is 41.1 Å². The minimum atomic E-state index is 0.336. The molecule has 0 saturated heterocycles. The predicted octanol–water partition coefficient (Wildman–Crippen LogP) is 2.75. The molecule has 4 nitrogen and oxygen atoms in total. The maximum Gasteiger partial charge on any atom is 0.323 e. The van der Waals surface area contributed by atoms with E-state index in [9.17, 15) is 0 Å². The van der Waals surface area contributed by atoms with Crippen LogP contribution in [-0.4, -0.2) is 14.8 Å². The number of hydrogen-bond donors (Lipinski definition) is 0. The van der Waals surface area contributed by atoms with Crippen molar-refractivity contribution in [3.63, 3.8) is 0 Å². The van der Waals surface area contributed by atoms with E-state index in [0.29, 0.717) is 17.6 Å². The van der Waals surface area contributed by atoms with Crippen molar-refractivity contribution in [2.75, 3.05) is 0 Å². The number of hydrogen-bond acceptors (Lipinski definition) is 3. The molecular weight excluding hydrogens is 226 g/mol. The van der Waals surface area contributed by atoms with Crippen molar-refractivity contribution in [2.24, 2.45) is 0 Å². The minimum Gasteiger partial charge on any atom is -0.430 e. The van der Waals surface area contributed by atoms with E-state index in [-0.39, 0.29) is 0 Å². The standard InChI is InChI=1S/C11H8ClN3O/c12-5-9-7-16-11(14-9)15-10-4-2-1-3-8(10)6-13-15/h1-4,6-7H,5H2. The van der Waals surface area contributed by atoms with E-state index in [1.165, 1.54) is 0 Å². The van der Waals surface area contributed by atoms with Gasteiger partial charge in [0.1, 0.15) is 6.26 Å². The first kappa shape index (κ1) is 9.42. The molecule has 0 aliphatic carbocycles. The van der Waals surface area contributed by atoms with Gasteiger partial charge in [-0.1, -0.05) is 18.2 Å². The Bertz CT molecular complexity index is 629. The molecule has 0 bridgehead atoms. The van der Waals surface area contributed by atoms with Crippen LogP contribution in [0, 0.1) is 0 Å². The first-order chi connectivity index (χ1) is 7.88. The lowest BCUT2D eigenvalue weighted by atomic mass is 10.3. The van der Waals surface area contributed by atoms with Gasteiger partial charge in [-0.25, -0.2) is 0 Å². The molecule has 0 aliphatic heterocycles. The Morgan fingerprint density at radius 1 is 1.31 bits per heavy atom. The number of oxazole rings is 1. The highest BCUT2D eigenvalue weighted by Crippen LogP contribution is 2.17. The van der Waals surface area contributed by atoms with Gasteiger partial charge in [-0.2, -0.15) is 14.8 Å². The molecule has 0 unspecified atom stereocenters. The topological polar surface area (TPSA) is 43.9 Å². The summed E-state index contributed by atoms with van der Waals surface area (Å²) in [4.78, 5) is 4.22. The Hall–Kier alpha value is -1.81. The molecule has 3 rings (SSSR count). The van der Waals surface area contributed by atoms with E-state index in [4.69, 9.17) is 16.0 Å². The highest BCUT2D eigenvalue weighted by Gasteiger charge is 2.09. The maximum absolute atomic E-state index is 5.67. The Balaban J connectivity index is 2.18. The molecule has 2 aromatic heterocycles. The van der Waals surface area contributed by atoms with Crippen molar-refractivity contribution in [1.29, 1.82) is 0 Å². The van der Waals surface area contributed by atoms with Gasteiger partial charge in [0.15, 0.2) is 0 Å². The Kier molecular flexibility index (Phi) is 2.15. The van der Waals surface area contributed by atoms with Gasteiger partial charge in [0.05, 0.1) is 23.3 Å². The first-order valence-corrected chi connectivity index (χ1v) is 5.35. The van der Waals surface area contributed by atoms with Crippen LogP contribution in [0.25, 0.3) is 16.9 Å². The summed E-state index contributed by atoms with van der Waals surface area (Å²) in [6, 6.07) is 8.31. The number of alkyl halides is 1. The van der Waals surface area contributed by atoms with Crippen LogP contribution in [0.2, 0.25) is 0 Å². The number of benzene rings is 1. The third kappa shape index (κ3) is 1.39. The Morgan fingerprint density at radius 3 is 3.00 bits per heavy atom. The van der Waals surface area contributed by atoms with Gasteiger partial charge in [-0.15, -0.1) is 11.6 Å². The highest BCUT2D eigenvalue weighted by atomic mass is 35.5. The van der Waals surface area contributed by atoms with Crippen LogP contribution in [-0.2, 0) is 5.88 Å². The summed E-state index contributed by atoms with van der Waals surface area (Å²) in [5, 5.41) is 5.28. The van der Waals surface area contributed by atoms with Gasteiger partial charge in [-0.3, -0.25) is 0 Å². The molecular formula is C11H8ClN3O. The van der Waals surface area contributed by atoms with E-state index in [2.05, 4.69) is 10.1 Å². The van der Waals surface area contributed by atoms with Gasteiger partial charge >= 0.3 is 6.01 Å².